The highest BCUT2D eigenvalue weighted by Crippen LogP contribution is 2.50. The van der Waals surface area contributed by atoms with Crippen molar-refractivity contribution >= 4 is 120 Å². The van der Waals surface area contributed by atoms with E-state index in [9.17, 15) is 0 Å². The SMILES string of the molecule is c1ccc(-n2c3ccccc3c3cc(-c4cc5ccccc5c5c6cccc7c8c9c%10cccc%11c%12c%13ccccc%13ccc%12n(c9ccc8n(c45)c76)c%11%10)ccc32)cc1. The van der Waals surface area contributed by atoms with E-state index in [4.69, 9.17) is 0 Å². The van der Waals surface area contributed by atoms with Crippen LogP contribution in [-0.4, -0.2) is 13.4 Å². The first-order valence-electron chi connectivity index (χ1n) is 20.5. The average Bonchev–Trinajstić information content (AvgIpc) is 4.09. The van der Waals surface area contributed by atoms with Crippen LogP contribution in [0.2, 0.25) is 0 Å². The second kappa shape index (κ2) is 10.5. The second-order valence-corrected chi connectivity index (χ2v) is 16.4. The lowest BCUT2D eigenvalue weighted by molar-refractivity contribution is 1.18. The molecule has 0 saturated carbocycles. The minimum Gasteiger partial charge on any atom is -0.309 e. The van der Waals surface area contributed by atoms with E-state index in [1.54, 1.807) is 0 Å². The molecule has 3 heteroatoms. The lowest BCUT2D eigenvalue weighted by Crippen LogP contribution is -1.93. The summed E-state index contributed by atoms with van der Waals surface area (Å²) in [4.78, 5) is 0. The summed E-state index contributed by atoms with van der Waals surface area (Å²) >= 11 is 0. The van der Waals surface area contributed by atoms with Crippen molar-refractivity contribution in [2.24, 2.45) is 0 Å². The van der Waals surface area contributed by atoms with Crippen molar-refractivity contribution in [1.29, 1.82) is 0 Å². The summed E-state index contributed by atoms with van der Waals surface area (Å²) < 4.78 is 7.54. The summed E-state index contributed by atoms with van der Waals surface area (Å²) in [7, 11) is 0. The third-order valence-electron chi connectivity index (χ3n) is 13.6. The summed E-state index contributed by atoms with van der Waals surface area (Å²) in [6.07, 6.45) is 0. The Morgan fingerprint density at radius 2 is 0.797 bits per heavy atom. The summed E-state index contributed by atoms with van der Waals surface area (Å²) in [5, 5.41) is 18.2. The van der Waals surface area contributed by atoms with Crippen molar-refractivity contribution < 1.29 is 0 Å². The maximum atomic E-state index is 2.61. The molecule has 0 bridgehead atoms. The number of rotatable bonds is 2. The van der Waals surface area contributed by atoms with E-state index in [1.165, 1.54) is 136 Å². The van der Waals surface area contributed by atoms with E-state index in [0.717, 1.165) is 0 Å². The van der Waals surface area contributed by atoms with Gasteiger partial charge < -0.3 is 13.4 Å². The lowest BCUT2D eigenvalue weighted by Gasteiger charge is -2.12. The van der Waals surface area contributed by atoms with Crippen molar-refractivity contribution in [3.8, 4) is 16.8 Å². The molecule has 59 heavy (non-hydrogen) atoms. The third kappa shape index (κ3) is 3.58. The Labute approximate surface area is 336 Å². The fourth-order valence-electron chi connectivity index (χ4n) is 11.4. The first kappa shape index (κ1) is 30.3. The van der Waals surface area contributed by atoms with E-state index >= 15 is 0 Å². The highest BCUT2D eigenvalue weighted by Gasteiger charge is 2.26. The smallest absolute Gasteiger partial charge is 0.0626 e. The van der Waals surface area contributed by atoms with Crippen LogP contribution in [0.5, 0.6) is 0 Å². The van der Waals surface area contributed by atoms with Crippen molar-refractivity contribution in [3.05, 3.63) is 188 Å². The zero-order valence-electron chi connectivity index (χ0n) is 31.7. The number of para-hydroxylation sites is 4. The van der Waals surface area contributed by atoms with Gasteiger partial charge in [0.25, 0.3) is 0 Å². The average molecular weight is 746 g/mol. The van der Waals surface area contributed by atoms with Crippen molar-refractivity contribution in [1.82, 2.24) is 13.4 Å². The highest BCUT2D eigenvalue weighted by molar-refractivity contribution is 6.38. The van der Waals surface area contributed by atoms with E-state index < -0.39 is 0 Å². The zero-order chi connectivity index (χ0) is 38.1. The Bertz CT molecular complexity index is 4290. The molecule has 0 saturated heterocycles. The topological polar surface area (TPSA) is 13.8 Å². The van der Waals surface area contributed by atoms with E-state index in [1.807, 2.05) is 0 Å². The van der Waals surface area contributed by atoms with Gasteiger partial charge in [-0.25, -0.2) is 0 Å². The van der Waals surface area contributed by atoms with Gasteiger partial charge in [-0.1, -0.05) is 133 Å². The van der Waals surface area contributed by atoms with Crippen LogP contribution >= 0.6 is 0 Å². The van der Waals surface area contributed by atoms with Crippen LogP contribution in [0.15, 0.2) is 188 Å². The van der Waals surface area contributed by atoms with Gasteiger partial charge >= 0.3 is 0 Å². The number of aromatic nitrogens is 3. The van der Waals surface area contributed by atoms with E-state index in [2.05, 4.69) is 201 Å². The zero-order valence-corrected chi connectivity index (χ0v) is 31.7. The Kier molecular flexibility index (Phi) is 5.41. The molecule has 15 rings (SSSR count). The predicted octanol–water partition coefficient (Wildman–Crippen LogP) is 15.1. The molecule has 0 atom stereocenters. The normalized spacial score (nSPS) is 12.7. The Morgan fingerprint density at radius 3 is 1.58 bits per heavy atom. The highest BCUT2D eigenvalue weighted by atomic mass is 15.0. The molecule has 0 fully saturated rings. The lowest BCUT2D eigenvalue weighted by atomic mass is 9.94. The molecule has 0 spiro atoms. The van der Waals surface area contributed by atoms with Crippen LogP contribution < -0.4 is 0 Å². The maximum Gasteiger partial charge on any atom is 0.0626 e. The van der Waals surface area contributed by atoms with Crippen LogP contribution in [0.1, 0.15) is 0 Å². The van der Waals surface area contributed by atoms with Crippen molar-refractivity contribution in [2.45, 2.75) is 0 Å². The van der Waals surface area contributed by atoms with Gasteiger partial charge in [-0.2, -0.15) is 0 Å². The molecule has 5 heterocycles. The molecule has 10 aromatic carbocycles. The van der Waals surface area contributed by atoms with Crippen LogP contribution in [0.4, 0.5) is 0 Å². The van der Waals surface area contributed by atoms with Gasteiger partial charge in [0.05, 0.1) is 44.1 Å². The first-order chi connectivity index (χ1) is 29.3. The fourth-order valence-corrected chi connectivity index (χ4v) is 11.4. The van der Waals surface area contributed by atoms with Gasteiger partial charge in [0, 0.05) is 65.1 Å². The number of hydrogen-bond donors (Lipinski definition) is 0. The molecular formula is C56H31N3. The molecule has 15 aromatic rings. The monoisotopic (exact) mass is 745 g/mol. The van der Waals surface area contributed by atoms with Gasteiger partial charge in [0.1, 0.15) is 0 Å². The molecule has 0 radical (unpaired) electrons. The summed E-state index contributed by atoms with van der Waals surface area (Å²) in [6, 6.07) is 70.2. The third-order valence-corrected chi connectivity index (χ3v) is 13.6. The minimum atomic E-state index is 1.17. The molecule has 0 aliphatic heterocycles. The number of hydrogen-bond acceptors (Lipinski definition) is 0. The molecule has 5 aromatic heterocycles. The number of fused-ring (bicyclic) bond motifs is 20. The Morgan fingerprint density at radius 1 is 0.271 bits per heavy atom. The molecule has 0 amide bonds. The molecule has 270 valence electrons. The second-order valence-electron chi connectivity index (χ2n) is 16.4. The Balaban J connectivity index is 1.10. The molecule has 0 unspecified atom stereocenters. The van der Waals surface area contributed by atoms with Gasteiger partial charge in [0.15, 0.2) is 0 Å². The number of nitrogens with zero attached hydrogens (tertiary/aromatic N) is 3. The van der Waals surface area contributed by atoms with Crippen LogP contribution in [-0.2, 0) is 0 Å². The predicted molar refractivity (Wildman–Crippen MR) is 251 cm³/mol. The molecule has 3 nitrogen and oxygen atoms in total. The van der Waals surface area contributed by atoms with Crippen LogP contribution in [0, 0.1) is 0 Å². The maximum absolute atomic E-state index is 2.61. The van der Waals surface area contributed by atoms with Gasteiger partial charge in [-0.15, -0.1) is 0 Å². The summed E-state index contributed by atoms with van der Waals surface area (Å²) in [5.74, 6) is 0. The van der Waals surface area contributed by atoms with Crippen molar-refractivity contribution in [3.63, 3.8) is 0 Å². The van der Waals surface area contributed by atoms with E-state index in [0.29, 0.717) is 0 Å². The summed E-state index contributed by atoms with van der Waals surface area (Å²) in [6.45, 7) is 0. The van der Waals surface area contributed by atoms with Crippen molar-refractivity contribution in [2.75, 3.05) is 0 Å². The first-order valence-corrected chi connectivity index (χ1v) is 20.5. The largest absolute Gasteiger partial charge is 0.309 e. The summed E-state index contributed by atoms with van der Waals surface area (Å²) in [5.41, 5.74) is 13.7. The molecule has 0 aliphatic rings. The quantitative estimate of drug-likeness (QED) is 0.167. The Hall–Kier alpha value is -7.88. The van der Waals surface area contributed by atoms with Gasteiger partial charge in [-0.05, 0) is 81.7 Å². The minimum absolute atomic E-state index is 1.17. The number of benzene rings is 10. The van der Waals surface area contributed by atoms with Crippen LogP contribution in [0.3, 0.4) is 0 Å². The standard InChI is InChI=1S/C56H31N3/c1-2-14-35(15-3-1)57-45-23-9-8-18-38(45)44-31-34(25-26-46(44)57)43-30-33-13-5-7-17-37(33)51-40-20-11-22-42-53-49(59(55(40)42)56(43)51)29-28-48-52(53)41-21-10-19-39-50-36-16-6-4-12-32(36)24-27-47(50)58(48)54(39)41/h1-31H. The molecule has 0 N–H and O–H groups in total. The fraction of sp³-hybridized carbons (Fsp3) is 0. The molecular weight excluding hydrogens is 715 g/mol. The van der Waals surface area contributed by atoms with Crippen LogP contribution in [0.25, 0.3) is 136 Å². The van der Waals surface area contributed by atoms with Gasteiger partial charge in [-0.3, -0.25) is 0 Å². The van der Waals surface area contributed by atoms with E-state index in [-0.39, 0.29) is 0 Å². The molecule has 0 aliphatic carbocycles. The van der Waals surface area contributed by atoms with Gasteiger partial charge in [0.2, 0.25) is 0 Å².